The zero-order valence-electron chi connectivity index (χ0n) is 9.04. The van der Waals surface area contributed by atoms with E-state index >= 15 is 0 Å². The summed E-state index contributed by atoms with van der Waals surface area (Å²) in [7, 11) is 0. The summed E-state index contributed by atoms with van der Waals surface area (Å²) in [5.74, 6) is 0.358. The van der Waals surface area contributed by atoms with Crippen LogP contribution in [-0.2, 0) is 11.3 Å². The Balaban J connectivity index is 1.95. The number of hydrogen-bond donors (Lipinski definition) is 0. The van der Waals surface area contributed by atoms with Gasteiger partial charge in [0, 0.05) is 13.0 Å². The summed E-state index contributed by atoms with van der Waals surface area (Å²) in [6.45, 7) is 2.20. The lowest BCUT2D eigenvalue weighted by Gasteiger charge is -2.06. The van der Waals surface area contributed by atoms with Crippen LogP contribution in [0.2, 0.25) is 0 Å². The van der Waals surface area contributed by atoms with Gasteiger partial charge in [-0.25, -0.2) is 0 Å². The number of hydrogen-bond acceptors (Lipinski definition) is 2. The average Bonchev–Trinajstić information content (AvgIpc) is 2.32. The number of nitrogens with zero attached hydrogens (tertiary/aromatic N) is 2. The third-order valence-corrected chi connectivity index (χ3v) is 2.29. The molecule has 1 aromatic rings. The van der Waals surface area contributed by atoms with Crippen molar-refractivity contribution in [1.82, 2.24) is 0 Å². The van der Waals surface area contributed by atoms with E-state index in [1.165, 1.54) is 0 Å². The summed E-state index contributed by atoms with van der Waals surface area (Å²) in [6.07, 6.45) is 3.49. The van der Waals surface area contributed by atoms with Crippen LogP contribution in [0.15, 0.2) is 47.6 Å². The van der Waals surface area contributed by atoms with Crippen molar-refractivity contribution in [2.75, 3.05) is 0 Å². The Kier molecular flexibility index (Phi) is 3.10. The molecule has 0 spiro atoms. The molecule has 1 heterocycles. The standard InChI is InChI=1S/C12H13N2O2/c1-10-7-8-12(13-14(10)15)16-9-11-5-3-2-4-6-11/h2-8,10H,9H2,1H3/q+1. The van der Waals surface area contributed by atoms with Gasteiger partial charge in [0.25, 0.3) is 11.9 Å². The van der Waals surface area contributed by atoms with E-state index in [1.54, 1.807) is 19.1 Å². The van der Waals surface area contributed by atoms with E-state index in [2.05, 4.69) is 5.10 Å². The van der Waals surface area contributed by atoms with Crippen LogP contribution in [0.3, 0.4) is 0 Å². The lowest BCUT2D eigenvalue weighted by atomic mass is 10.2. The normalized spacial score (nSPS) is 19.4. The summed E-state index contributed by atoms with van der Waals surface area (Å²) < 4.78 is 5.41. The molecular formula is C12H13N2O2+. The van der Waals surface area contributed by atoms with Crippen molar-refractivity contribution in [3.8, 4) is 0 Å². The maximum atomic E-state index is 11.2. The molecule has 0 aliphatic carbocycles. The third kappa shape index (κ3) is 2.53. The molecule has 0 bridgehead atoms. The minimum Gasteiger partial charge on any atom is -0.469 e. The Morgan fingerprint density at radius 3 is 2.81 bits per heavy atom. The molecule has 1 aliphatic rings. The molecule has 82 valence electrons. The maximum absolute atomic E-state index is 11.2. The number of rotatable bonds is 2. The van der Waals surface area contributed by atoms with Crippen molar-refractivity contribution in [2.45, 2.75) is 19.6 Å². The quantitative estimate of drug-likeness (QED) is 0.713. The number of hydrazone groups is 1. The molecule has 0 amide bonds. The van der Waals surface area contributed by atoms with Crippen molar-refractivity contribution in [3.63, 3.8) is 0 Å². The molecule has 0 fully saturated rings. The smallest absolute Gasteiger partial charge is 0.283 e. The second kappa shape index (κ2) is 4.70. The van der Waals surface area contributed by atoms with Gasteiger partial charge in [-0.15, -0.1) is 0 Å². The van der Waals surface area contributed by atoms with Crippen LogP contribution in [0.1, 0.15) is 12.5 Å². The molecule has 1 aliphatic heterocycles. The monoisotopic (exact) mass is 217 g/mol. The van der Waals surface area contributed by atoms with Gasteiger partial charge in [0.1, 0.15) is 6.61 Å². The van der Waals surface area contributed by atoms with Crippen LogP contribution < -0.4 is 0 Å². The van der Waals surface area contributed by atoms with Gasteiger partial charge in [-0.3, -0.25) is 0 Å². The summed E-state index contributed by atoms with van der Waals surface area (Å²) in [6, 6.07) is 9.54. The number of ether oxygens (including phenoxy) is 1. The minimum absolute atomic E-state index is 0.218. The van der Waals surface area contributed by atoms with Gasteiger partial charge in [-0.05, 0) is 11.6 Å². The van der Waals surface area contributed by atoms with Crippen molar-refractivity contribution in [2.24, 2.45) is 5.10 Å². The van der Waals surface area contributed by atoms with Crippen LogP contribution in [0.25, 0.3) is 0 Å². The average molecular weight is 217 g/mol. The summed E-state index contributed by atoms with van der Waals surface area (Å²) >= 11 is 0. The van der Waals surface area contributed by atoms with Gasteiger partial charge in [0.2, 0.25) is 0 Å². The molecule has 2 rings (SSSR count). The second-order valence-electron chi connectivity index (χ2n) is 3.61. The topological polar surface area (TPSA) is 41.7 Å². The Morgan fingerprint density at radius 1 is 1.38 bits per heavy atom. The number of nitroso groups, excluding NO2 is 1. The van der Waals surface area contributed by atoms with E-state index in [4.69, 9.17) is 4.74 Å². The molecule has 0 N–H and O–H groups in total. The fraction of sp³-hybridized carbons (Fsp3) is 0.250. The molecule has 0 aromatic heterocycles. The van der Waals surface area contributed by atoms with Crippen molar-refractivity contribution < 1.29 is 9.61 Å². The second-order valence-corrected chi connectivity index (χ2v) is 3.61. The van der Waals surface area contributed by atoms with Crippen LogP contribution in [0, 0.1) is 4.91 Å². The van der Waals surface area contributed by atoms with Crippen molar-refractivity contribution in [1.29, 1.82) is 0 Å². The first-order valence-corrected chi connectivity index (χ1v) is 5.15. The molecule has 1 aromatic carbocycles. The van der Waals surface area contributed by atoms with Crippen LogP contribution in [0.5, 0.6) is 0 Å². The predicted octanol–water partition coefficient (Wildman–Crippen LogP) is 2.25. The van der Waals surface area contributed by atoms with Crippen LogP contribution in [0.4, 0.5) is 0 Å². The van der Waals surface area contributed by atoms with Gasteiger partial charge in [-0.1, -0.05) is 30.3 Å². The van der Waals surface area contributed by atoms with E-state index in [0.29, 0.717) is 17.4 Å². The van der Waals surface area contributed by atoms with E-state index in [9.17, 15) is 4.91 Å². The van der Waals surface area contributed by atoms with Crippen molar-refractivity contribution in [3.05, 3.63) is 53.0 Å². The molecule has 4 heteroatoms. The molecule has 0 saturated carbocycles. The van der Waals surface area contributed by atoms with Gasteiger partial charge in [-0.2, -0.15) is 0 Å². The first-order valence-electron chi connectivity index (χ1n) is 5.15. The Hall–Kier alpha value is -1.97. The van der Waals surface area contributed by atoms with E-state index in [0.717, 1.165) is 5.56 Å². The first kappa shape index (κ1) is 10.5. The Labute approximate surface area is 93.8 Å². The van der Waals surface area contributed by atoms with E-state index < -0.39 is 0 Å². The van der Waals surface area contributed by atoms with Gasteiger partial charge < -0.3 is 4.74 Å². The SMILES string of the molecule is CC1C=CC(OCc2ccccc2)=N[N+]1=O. The highest BCUT2D eigenvalue weighted by molar-refractivity contribution is 5.87. The van der Waals surface area contributed by atoms with Gasteiger partial charge >= 0.3 is 0 Å². The first-order chi connectivity index (χ1) is 7.75. The zero-order valence-corrected chi connectivity index (χ0v) is 9.04. The number of benzene rings is 1. The van der Waals surface area contributed by atoms with Crippen LogP contribution in [-0.4, -0.2) is 16.8 Å². The van der Waals surface area contributed by atoms with Gasteiger partial charge in [0.15, 0.2) is 4.87 Å². The van der Waals surface area contributed by atoms with E-state index in [-0.39, 0.29) is 6.04 Å². The predicted molar refractivity (Wildman–Crippen MR) is 60.9 cm³/mol. The van der Waals surface area contributed by atoms with Crippen molar-refractivity contribution >= 4 is 5.90 Å². The lowest BCUT2D eigenvalue weighted by Crippen LogP contribution is -2.20. The highest BCUT2D eigenvalue weighted by Gasteiger charge is 2.22. The summed E-state index contributed by atoms with van der Waals surface area (Å²) in [5, 5.41) is 3.76. The fourth-order valence-electron chi connectivity index (χ4n) is 1.33. The van der Waals surface area contributed by atoms with Gasteiger partial charge in [0.05, 0.1) is 10.0 Å². The Bertz CT molecular complexity index is 438. The van der Waals surface area contributed by atoms with Crippen LogP contribution >= 0.6 is 0 Å². The Morgan fingerprint density at radius 2 is 2.12 bits per heavy atom. The highest BCUT2D eigenvalue weighted by atomic mass is 16.5. The zero-order chi connectivity index (χ0) is 11.4. The third-order valence-electron chi connectivity index (χ3n) is 2.29. The molecule has 4 nitrogen and oxygen atoms in total. The highest BCUT2D eigenvalue weighted by Crippen LogP contribution is 2.06. The molecule has 1 atom stereocenters. The lowest BCUT2D eigenvalue weighted by molar-refractivity contribution is -0.578. The molecule has 16 heavy (non-hydrogen) atoms. The molecule has 0 saturated heterocycles. The molecule has 0 radical (unpaired) electrons. The molecule has 1 unspecified atom stereocenters. The summed E-state index contributed by atoms with van der Waals surface area (Å²) in [5.41, 5.74) is 1.05. The summed E-state index contributed by atoms with van der Waals surface area (Å²) in [4.78, 5) is 11.9. The fourth-order valence-corrected chi connectivity index (χ4v) is 1.33. The largest absolute Gasteiger partial charge is 0.469 e. The maximum Gasteiger partial charge on any atom is 0.283 e. The van der Waals surface area contributed by atoms with E-state index in [1.807, 2.05) is 30.3 Å². The molecular weight excluding hydrogens is 204 g/mol. The minimum atomic E-state index is -0.218.